The van der Waals surface area contributed by atoms with E-state index >= 15 is 0 Å². The molecule has 34 heavy (non-hydrogen) atoms. The van der Waals surface area contributed by atoms with E-state index in [9.17, 15) is 4.79 Å². The van der Waals surface area contributed by atoms with Gasteiger partial charge in [-0.1, -0.05) is 30.3 Å². The molecular formula is C28H31N3O3. The highest BCUT2D eigenvalue weighted by atomic mass is 16.5. The van der Waals surface area contributed by atoms with Gasteiger partial charge >= 0.3 is 0 Å². The molecule has 2 heterocycles. The summed E-state index contributed by atoms with van der Waals surface area (Å²) in [7, 11) is 1.68. The molecule has 0 bridgehead atoms. The molecule has 1 amide bonds. The average Bonchev–Trinajstić information content (AvgIpc) is 3.13. The highest BCUT2D eigenvalue weighted by Crippen LogP contribution is 2.16. The fourth-order valence-corrected chi connectivity index (χ4v) is 3.93. The van der Waals surface area contributed by atoms with E-state index in [2.05, 4.69) is 22.0 Å². The van der Waals surface area contributed by atoms with E-state index in [-0.39, 0.29) is 5.91 Å². The summed E-state index contributed by atoms with van der Waals surface area (Å²) in [6.45, 7) is 4.69. The highest BCUT2D eigenvalue weighted by Gasteiger charge is 2.17. The largest absolute Gasteiger partial charge is 0.497 e. The second-order valence-corrected chi connectivity index (χ2v) is 8.32. The highest BCUT2D eigenvalue weighted by molar-refractivity contribution is 5.91. The van der Waals surface area contributed by atoms with Crippen LogP contribution in [0.2, 0.25) is 0 Å². The van der Waals surface area contributed by atoms with Crippen LogP contribution < -0.4 is 9.47 Å². The van der Waals surface area contributed by atoms with Crippen molar-refractivity contribution in [3.05, 3.63) is 95.8 Å². The lowest BCUT2D eigenvalue weighted by Crippen LogP contribution is -2.34. The van der Waals surface area contributed by atoms with Gasteiger partial charge in [0.2, 0.25) is 5.91 Å². The van der Waals surface area contributed by atoms with Crippen molar-refractivity contribution >= 4 is 12.0 Å². The molecule has 1 fully saturated rings. The SMILES string of the molecule is COc1ccc(CN2CCCN(C(=O)/C=C/c3ccc(OCc4ccccn4)cc3)CC2)cc1. The number of ether oxygens (including phenoxy) is 2. The standard InChI is InChI=1S/C28H31N3O3/c1-33-26-11-8-24(9-12-26)21-30-17-4-18-31(20-19-30)28(32)15-10-23-6-13-27(14-7-23)34-22-25-5-2-3-16-29-25/h2-3,5-16H,4,17-22H2,1H3/b15-10+. The van der Waals surface area contributed by atoms with E-state index in [0.717, 1.165) is 61.9 Å². The normalized spacial score (nSPS) is 14.7. The van der Waals surface area contributed by atoms with Crippen LogP contribution in [0.4, 0.5) is 0 Å². The number of benzene rings is 2. The van der Waals surface area contributed by atoms with Crippen molar-refractivity contribution in [2.45, 2.75) is 19.6 Å². The van der Waals surface area contributed by atoms with Crippen LogP contribution in [0.3, 0.4) is 0 Å². The van der Waals surface area contributed by atoms with Crippen LogP contribution in [0.15, 0.2) is 79.0 Å². The summed E-state index contributed by atoms with van der Waals surface area (Å²) in [4.78, 5) is 21.4. The van der Waals surface area contributed by atoms with Gasteiger partial charge in [0.1, 0.15) is 18.1 Å². The maximum absolute atomic E-state index is 12.8. The van der Waals surface area contributed by atoms with E-state index in [4.69, 9.17) is 9.47 Å². The number of aromatic nitrogens is 1. The monoisotopic (exact) mass is 457 g/mol. The molecule has 6 nitrogen and oxygen atoms in total. The number of carbonyl (C=O) groups is 1. The third-order valence-electron chi connectivity index (χ3n) is 5.88. The summed E-state index contributed by atoms with van der Waals surface area (Å²) >= 11 is 0. The molecule has 0 aliphatic carbocycles. The van der Waals surface area contributed by atoms with Crippen LogP contribution in [0.1, 0.15) is 23.2 Å². The van der Waals surface area contributed by atoms with Crippen molar-refractivity contribution in [1.82, 2.24) is 14.8 Å². The maximum atomic E-state index is 12.8. The number of amides is 1. The Morgan fingerprint density at radius 2 is 1.74 bits per heavy atom. The predicted octanol–water partition coefficient (Wildman–Crippen LogP) is 4.42. The van der Waals surface area contributed by atoms with Crippen LogP contribution in [-0.4, -0.2) is 54.0 Å². The maximum Gasteiger partial charge on any atom is 0.246 e. The minimum atomic E-state index is 0.0572. The van der Waals surface area contributed by atoms with Gasteiger partial charge in [0, 0.05) is 45.0 Å². The van der Waals surface area contributed by atoms with Crippen LogP contribution >= 0.6 is 0 Å². The van der Waals surface area contributed by atoms with E-state index in [0.29, 0.717) is 6.61 Å². The summed E-state index contributed by atoms with van der Waals surface area (Å²) in [6, 6.07) is 21.7. The van der Waals surface area contributed by atoms with Gasteiger partial charge in [0.25, 0.3) is 0 Å². The molecular weight excluding hydrogens is 426 g/mol. The predicted molar refractivity (Wildman–Crippen MR) is 134 cm³/mol. The van der Waals surface area contributed by atoms with Crippen molar-refractivity contribution in [3.8, 4) is 11.5 Å². The first-order valence-electron chi connectivity index (χ1n) is 11.6. The first-order chi connectivity index (χ1) is 16.7. The molecule has 0 radical (unpaired) electrons. The first-order valence-corrected chi connectivity index (χ1v) is 11.6. The zero-order chi connectivity index (χ0) is 23.6. The molecule has 1 aliphatic rings. The molecule has 1 aliphatic heterocycles. The van der Waals surface area contributed by atoms with Crippen molar-refractivity contribution in [2.24, 2.45) is 0 Å². The van der Waals surface area contributed by atoms with Crippen LogP contribution in [-0.2, 0) is 17.9 Å². The van der Waals surface area contributed by atoms with Gasteiger partial charge in [0.05, 0.1) is 12.8 Å². The molecule has 0 spiro atoms. The molecule has 3 aromatic rings. The lowest BCUT2D eigenvalue weighted by Gasteiger charge is -2.21. The Labute approximate surface area is 201 Å². The summed E-state index contributed by atoms with van der Waals surface area (Å²) < 4.78 is 11.0. The second-order valence-electron chi connectivity index (χ2n) is 8.32. The Balaban J connectivity index is 1.24. The van der Waals surface area contributed by atoms with Gasteiger partial charge in [-0.15, -0.1) is 0 Å². The Bertz CT molecular complexity index is 1070. The summed E-state index contributed by atoms with van der Waals surface area (Å²) in [6.07, 6.45) is 6.26. The zero-order valence-electron chi connectivity index (χ0n) is 19.6. The number of pyridine rings is 1. The molecule has 1 aromatic heterocycles. The Hall–Kier alpha value is -3.64. The minimum absolute atomic E-state index is 0.0572. The van der Waals surface area contributed by atoms with Crippen molar-refractivity contribution in [3.63, 3.8) is 0 Å². The zero-order valence-corrected chi connectivity index (χ0v) is 19.6. The molecule has 4 rings (SSSR count). The number of rotatable bonds is 8. The van der Waals surface area contributed by atoms with Crippen molar-refractivity contribution < 1.29 is 14.3 Å². The topological polar surface area (TPSA) is 54.9 Å². The smallest absolute Gasteiger partial charge is 0.246 e. The Morgan fingerprint density at radius 1 is 0.941 bits per heavy atom. The molecule has 1 saturated heterocycles. The van der Waals surface area contributed by atoms with Gasteiger partial charge in [-0.25, -0.2) is 0 Å². The van der Waals surface area contributed by atoms with Crippen molar-refractivity contribution in [2.75, 3.05) is 33.3 Å². The van der Waals surface area contributed by atoms with Crippen LogP contribution in [0, 0.1) is 0 Å². The van der Waals surface area contributed by atoms with Crippen molar-refractivity contribution in [1.29, 1.82) is 0 Å². The van der Waals surface area contributed by atoms with Gasteiger partial charge in [0.15, 0.2) is 0 Å². The third kappa shape index (κ3) is 6.93. The molecule has 2 aromatic carbocycles. The lowest BCUT2D eigenvalue weighted by atomic mass is 10.2. The van der Waals surface area contributed by atoms with Gasteiger partial charge < -0.3 is 14.4 Å². The fourth-order valence-electron chi connectivity index (χ4n) is 3.93. The van der Waals surface area contributed by atoms with E-state index < -0.39 is 0 Å². The number of hydrogen-bond donors (Lipinski definition) is 0. The molecule has 0 unspecified atom stereocenters. The van der Waals surface area contributed by atoms with Gasteiger partial charge in [-0.05, 0) is 60.0 Å². The summed E-state index contributed by atoms with van der Waals surface area (Å²) in [5, 5.41) is 0. The van der Waals surface area contributed by atoms with Gasteiger partial charge in [-0.2, -0.15) is 0 Å². The number of hydrogen-bond acceptors (Lipinski definition) is 5. The molecule has 0 saturated carbocycles. The quantitative estimate of drug-likeness (QED) is 0.469. The molecule has 0 atom stereocenters. The average molecular weight is 458 g/mol. The first kappa shape index (κ1) is 23.5. The van der Waals surface area contributed by atoms with Crippen LogP contribution in [0.5, 0.6) is 11.5 Å². The fraction of sp³-hybridized carbons (Fsp3) is 0.286. The summed E-state index contributed by atoms with van der Waals surface area (Å²) in [5.74, 6) is 1.70. The lowest BCUT2D eigenvalue weighted by molar-refractivity contribution is -0.125. The van der Waals surface area contributed by atoms with E-state index in [1.165, 1.54) is 5.56 Å². The molecule has 0 N–H and O–H groups in total. The third-order valence-corrected chi connectivity index (χ3v) is 5.88. The van der Waals surface area contributed by atoms with Crippen LogP contribution in [0.25, 0.3) is 6.08 Å². The number of methoxy groups -OCH3 is 1. The Kier molecular flexibility index (Phi) is 8.30. The molecule has 176 valence electrons. The molecule has 6 heteroatoms. The van der Waals surface area contributed by atoms with E-state index in [1.807, 2.05) is 65.6 Å². The second kappa shape index (κ2) is 12.0. The van der Waals surface area contributed by atoms with E-state index in [1.54, 1.807) is 19.4 Å². The summed E-state index contributed by atoms with van der Waals surface area (Å²) in [5.41, 5.74) is 3.11. The Morgan fingerprint density at radius 3 is 2.47 bits per heavy atom. The number of carbonyl (C=O) groups excluding carboxylic acids is 1. The minimum Gasteiger partial charge on any atom is -0.497 e. The number of nitrogens with zero attached hydrogens (tertiary/aromatic N) is 3. The van der Waals surface area contributed by atoms with Gasteiger partial charge in [-0.3, -0.25) is 14.7 Å².